The zero-order valence-electron chi connectivity index (χ0n) is 19.9. The zero-order valence-corrected chi connectivity index (χ0v) is 21.5. The van der Waals surface area contributed by atoms with Crippen molar-refractivity contribution in [3.63, 3.8) is 0 Å². The van der Waals surface area contributed by atoms with E-state index in [0.717, 1.165) is 41.0 Å². The molecule has 3 N–H and O–H groups in total. The van der Waals surface area contributed by atoms with E-state index < -0.39 is 5.91 Å². The van der Waals surface area contributed by atoms with Crippen molar-refractivity contribution in [3.05, 3.63) is 52.9 Å². The molecule has 3 aromatic rings. The maximum Gasteiger partial charge on any atom is 0.251 e. The molecule has 1 atom stereocenters. The van der Waals surface area contributed by atoms with Gasteiger partial charge in [-0.3, -0.25) is 14.2 Å². The fourth-order valence-corrected chi connectivity index (χ4v) is 6.34. The van der Waals surface area contributed by atoms with Gasteiger partial charge >= 0.3 is 0 Å². The standard InChI is InChI=1S/C25H29N5O3S2/c1-4-12-30-23(16-7-9-17(10-8-16)33-5-2)28-29-25(30)34-14-20(31)27-24-21(22(26)32)18-11-6-15(3)13-19(18)35-24/h4,7-10,15H,1,5-6,11-14H2,2-3H3,(H2,26,32)(H,27,31). The fourth-order valence-electron chi connectivity index (χ4n) is 4.16. The van der Waals surface area contributed by atoms with Crippen LogP contribution in [0, 0.1) is 5.92 Å². The first kappa shape index (κ1) is 25.0. The van der Waals surface area contributed by atoms with Gasteiger partial charge in [0.05, 0.1) is 17.9 Å². The Morgan fingerprint density at radius 1 is 1.34 bits per heavy atom. The molecule has 10 heteroatoms. The molecular weight excluding hydrogens is 482 g/mol. The van der Waals surface area contributed by atoms with E-state index in [-0.39, 0.29) is 11.7 Å². The molecule has 0 aliphatic heterocycles. The summed E-state index contributed by atoms with van der Waals surface area (Å²) in [5.41, 5.74) is 8.02. The topological polar surface area (TPSA) is 112 Å². The van der Waals surface area contributed by atoms with Crippen molar-refractivity contribution in [3.8, 4) is 17.1 Å². The quantitative estimate of drug-likeness (QED) is 0.305. The van der Waals surface area contributed by atoms with Crippen LogP contribution in [0.15, 0.2) is 42.1 Å². The summed E-state index contributed by atoms with van der Waals surface area (Å²) in [6.45, 7) is 9.08. The Labute approximate surface area is 213 Å². The van der Waals surface area contributed by atoms with Crippen molar-refractivity contribution in [2.24, 2.45) is 11.7 Å². The number of hydrogen-bond acceptors (Lipinski definition) is 7. The number of fused-ring (bicyclic) bond motifs is 1. The third-order valence-electron chi connectivity index (χ3n) is 5.80. The lowest BCUT2D eigenvalue weighted by molar-refractivity contribution is -0.113. The third-order valence-corrected chi connectivity index (χ3v) is 7.93. The number of carbonyl (C=O) groups excluding carboxylic acids is 2. The van der Waals surface area contributed by atoms with Crippen molar-refractivity contribution >= 4 is 39.9 Å². The maximum absolute atomic E-state index is 12.8. The highest BCUT2D eigenvalue weighted by molar-refractivity contribution is 7.99. The van der Waals surface area contributed by atoms with E-state index in [1.807, 2.05) is 35.8 Å². The van der Waals surface area contributed by atoms with Gasteiger partial charge in [0.2, 0.25) is 5.91 Å². The number of thiophene rings is 1. The van der Waals surface area contributed by atoms with Crippen LogP contribution in [0.1, 0.15) is 41.1 Å². The van der Waals surface area contributed by atoms with Gasteiger partial charge in [0, 0.05) is 17.0 Å². The molecule has 35 heavy (non-hydrogen) atoms. The summed E-state index contributed by atoms with van der Waals surface area (Å²) in [7, 11) is 0. The second-order valence-corrected chi connectivity index (χ2v) is 10.5. The summed E-state index contributed by atoms with van der Waals surface area (Å²) >= 11 is 2.75. The summed E-state index contributed by atoms with van der Waals surface area (Å²) in [5.74, 6) is 1.44. The number of benzene rings is 1. The molecule has 0 bridgehead atoms. The number of primary amides is 1. The second-order valence-electron chi connectivity index (χ2n) is 8.42. The van der Waals surface area contributed by atoms with E-state index in [2.05, 4.69) is 29.0 Å². The number of nitrogens with two attached hydrogens (primary N) is 1. The SMILES string of the molecule is C=CCn1c(SCC(=O)Nc2sc3c(c2C(N)=O)CCC(C)C3)nnc1-c1ccc(OCC)cc1. The Bertz CT molecular complexity index is 1230. The molecule has 1 aliphatic carbocycles. The molecule has 1 aromatic carbocycles. The van der Waals surface area contributed by atoms with E-state index in [1.54, 1.807) is 6.08 Å². The average Bonchev–Trinajstić information content (AvgIpc) is 3.39. The predicted octanol–water partition coefficient (Wildman–Crippen LogP) is 4.55. The van der Waals surface area contributed by atoms with Crippen LogP contribution in [0.4, 0.5) is 5.00 Å². The lowest BCUT2D eigenvalue weighted by atomic mass is 9.88. The van der Waals surface area contributed by atoms with Gasteiger partial charge in [-0.1, -0.05) is 24.8 Å². The maximum atomic E-state index is 12.8. The van der Waals surface area contributed by atoms with Gasteiger partial charge < -0.3 is 15.8 Å². The highest BCUT2D eigenvalue weighted by Gasteiger charge is 2.27. The first-order valence-electron chi connectivity index (χ1n) is 11.6. The van der Waals surface area contributed by atoms with Crippen LogP contribution in [-0.2, 0) is 24.2 Å². The number of nitrogens with zero attached hydrogens (tertiary/aromatic N) is 3. The molecule has 1 unspecified atom stereocenters. The summed E-state index contributed by atoms with van der Waals surface area (Å²) in [6, 6.07) is 7.65. The lowest BCUT2D eigenvalue weighted by Crippen LogP contribution is -2.20. The number of allylic oxidation sites excluding steroid dienone is 1. The average molecular weight is 512 g/mol. The molecule has 0 fully saturated rings. The van der Waals surface area contributed by atoms with Crippen molar-refractivity contribution in [1.82, 2.24) is 14.8 Å². The largest absolute Gasteiger partial charge is 0.494 e. The number of carbonyl (C=O) groups is 2. The minimum absolute atomic E-state index is 0.121. The Kier molecular flexibility index (Phi) is 7.92. The monoisotopic (exact) mass is 511 g/mol. The summed E-state index contributed by atoms with van der Waals surface area (Å²) < 4.78 is 7.43. The number of amides is 2. The van der Waals surface area contributed by atoms with Crippen LogP contribution in [0.3, 0.4) is 0 Å². The van der Waals surface area contributed by atoms with Gasteiger partial charge in [-0.05, 0) is 61.9 Å². The van der Waals surface area contributed by atoms with Gasteiger partial charge in [-0.2, -0.15) is 0 Å². The van der Waals surface area contributed by atoms with E-state index in [1.165, 1.54) is 23.1 Å². The normalized spacial score (nSPS) is 14.9. The Hall–Kier alpha value is -3.11. The molecule has 0 radical (unpaired) electrons. The number of aromatic nitrogens is 3. The Morgan fingerprint density at radius 2 is 2.11 bits per heavy atom. The van der Waals surface area contributed by atoms with E-state index in [9.17, 15) is 9.59 Å². The number of thioether (sulfide) groups is 1. The van der Waals surface area contributed by atoms with Crippen LogP contribution in [0.25, 0.3) is 11.4 Å². The van der Waals surface area contributed by atoms with E-state index in [0.29, 0.717) is 40.6 Å². The number of nitrogens with one attached hydrogen (secondary N) is 1. The fraction of sp³-hybridized carbons (Fsp3) is 0.360. The first-order chi connectivity index (χ1) is 16.9. The molecule has 184 valence electrons. The molecule has 0 spiro atoms. The van der Waals surface area contributed by atoms with Crippen LogP contribution in [0.2, 0.25) is 0 Å². The van der Waals surface area contributed by atoms with Crippen LogP contribution >= 0.6 is 23.1 Å². The summed E-state index contributed by atoms with van der Waals surface area (Å²) in [5, 5.41) is 12.7. The van der Waals surface area contributed by atoms with E-state index in [4.69, 9.17) is 10.5 Å². The molecule has 4 rings (SSSR count). The Morgan fingerprint density at radius 3 is 2.80 bits per heavy atom. The van der Waals surface area contributed by atoms with Crippen molar-refractivity contribution in [2.45, 2.75) is 44.8 Å². The number of anilines is 1. The molecule has 8 nitrogen and oxygen atoms in total. The van der Waals surface area contributed by atoms with Gasteiger partial charge in [0.15, 0.2) is 11.0 Å². The predicted molar refractivity (Wildman–Crippen MR) is 140 cm³/mol. The number of rotatable bonds is 10. The minimum Gasteiger partial charge on any atom is -0.494 e. The van der Waals surface area contributed by atoms with Gasteiger partial charge in [0.1, 0.15) is 10.8 Å². The van der Waals surface area contributed by atoms with Gasteiger partial charge in [-0.25, -0.2) is 0 Å². The first-order valence-corrected chi connectivity index (χ1v) is 13.4. The van der Waals surface area contributed by atoms with Gasteiger partial charge in [0.25, 0.3) is 5.91 Å². The summed E-state index contributed by atoms with van der Waals surface area (Å²) in [4.78, 5) is 26.1. The van der Waals surface area contributed by atoms with Crippen LogP contribution < -0.4 is 15.8 Å². The molecule has 2 amide bonds. The molecular formula is C25H29N5O3S2. The smallest absolute Gasteiger partial charge is 0.251 e. The second kappa shape index (κ2) is 11.1. The third kappa shape index (κ3) is 5.59. The zero-order chi connectivity index (χ0) is 24.9. The number of hydrogen-bond donors (Lipinski definition) is 2. The highest BCUT2D eigenvalue weighted by atomic mass is 32.2. The highest BCUT2D eigenvalue weighted by Crippen LogP contribution is 2.39. The van der Waals surface area contributed by atoms with E-state index >= 15 is 0 Å². The van der Waals surface area contributed by atoms with Crippen LogP contribution in [-0.4, -0.2) is 38.9 Å². The van der Waals surface area contributed by atoms with Crippen molar-refractivity contribution < 1.29 is 14.3 Å². The molecule has 2 aromatic heterocycles. The molecule has 2 heterocycles. The number of ether oxygens (including phenoxy) is 1. The Balaban J connectivity index is 1.48. The van der Waals surface area contributed by atoms with Crippen molar-refractivity contribution in [1.29, 1.82) is 0 Å². The lowest BCUT2D eigenvalue weighted by Gasteiger charge is -2.18. The molecule has 0 saturated carbocycles. The van der Waals surface area contributed by atoms with Crippen LogP contribution in [0.5, 0.6) is 5.75 Å². The minimum atomic E-state index is -0.495. The molecule has 0 saturated heterocycles. The van der Waals surface area contributed by atoms with Gasteiger partial charge in [-0.15, -0.1) is 28.1 Å². The summed E-state index contributed by atoms with van der Waals surface area (Å²) in [6.07, 6.45) is 4.50. The van der Waals surface area contributed by atoms with Crippen molar-refractivity contribution in [2.75, 3.05) is 17.7 Å². The molecule has 1 aliphatic rings.